The van der Waals surface area contributed by atoms with Crippen molar-refractivity contribution in [2.45, 2.75) is 56.1 Å². The predicted octanol–water partition coefficient (Wildman–Crippen LogP) is 5.33. The molecule has 1 fully saturated rings. The number of nitrogens with one attached hydrogen (secondary N) is 3. The quantitative estimate of drug-likeness (QED) is 0.0744. The van der Waals surface area contributed by atoms with Crippen molar-refractivity contribution in [2.24, 2.45) is 0 Å². The highest BCUT2D eigenvalue weighted by atomic mass is 32.1. The molecule has 6 N–H and O–H groups in total. The van der Waals surface area contributed by atoms with Crippen molar-refractivity contribution in [3.05, 3.63) is 108 Å². The van der Waals surface area contributed by atoms with E-state index in [1.54, 1.807) is 42.5 Å². The van der Waals surface area contributed by atoms with Crippen molar-refractivity contribution in [1.29, 1.82) is 5.26 Å². The third-order valence-electron chi connectivity index (χ3n) is 9.97. The average molecular weight is 802 g/mol. The van der Waals surface area contributed by atoms with Crippen LogP contribution in [0.2, 0.25) is 0 Å². The highest BCUT2D eigenvalue weighted by Gasteiger charge is 2.45. The molecule has 0 unspecified atom stereocenters. The molecule has 294 valence electrons. The van der Waals surface area contributed by atoms with Crippen LogP contribution in [0.5, 0.6) is 11.5 Å². The third kappa shape index (κ3) is 9.05. The SMILES string of the molecule is COc1cc(NC(=O)OCCN(C)C2CCC(OC(=O)C(O)(c3cccs3)c3cccs3)CC2)c(C#N)cc1CNC[C@@H](O)c1ccc(O)c2[nH]c(=O)ccc12. The molecule has 0 spiro atoms. The van der Waals surface area contributed by atoms with E-state index in [0.717, 1.165) is 12.8 Å². The first-order chi connectivity index (χ1) is 27.0. The lowest BCUT2D eigenvalue weighted by Crippen LogP contribution is -2.42. The molecule has 0 bridgehead atoms. The molecular weight excluding hydrogens is 759 g/mol. The number of rotatable bonds is 15. The molecule has 16 heteroatoms. The van der Waals surface area contributed by atoms with Crippen molar-refractivity contribution in [1.82, 2.24) is 15.2 Å². The number of nitrogens with zero attached hydrogens (tertiary/aromatic N) is 2. The van der Waals surface area contributed by atoms with Crippen LogP contribution in [0, 0.1) is 11.3 Å². The molecule has 3 heterocycles. The minimum absolute atomic E-state index is 0.0989. The molecule has 0 radical (unpaired) electrons. The largest absolute Gasteiger partial charge is 0.506 e. The van der Waals surface area contributed by atoms with Gasteiger partial charge in [-0.1, -0.05) is 18.2 Å². The Morgan fingerprint density at radius 1 is 1.07 bits per heavy atom. The van der Waals surface area contributed by atoms with Crippen LogP contribution in [0.1, 0.15) is 58.2 Å². The fourth-order valence-electron chi connectivity index (χ4n) is 6.89. The number of hydrogen-bond acceptors (Lipinski definition) is 14. The normalized spacial score (nSPS) is 16.3. The first-order valence-electron chi connectivity index (χ1n) is 18.0. The average Bonchev–Trinajstić information content (AvgIpc) is 3.95. The number of aromatic hydroxyl groups is 1. The van der Waals surface area contributed by atoms with E-state index >= 15 is 0 Å². The number of nitriles is 1. The summed E-state index contributed by atoms with van der Waals surface area (Å²) >= 11 is 2.62. The summed E-state index contributed by atoms with van der Waals surface area (Å²) in [6.07, 6.45) is 0.763. The monoisotopic (exact) mass is 801 g/mol. The minimum Gasteiger partial charge on any atom is -0.506 e. The predicted molar refractivity (Wildman–Crippen MR) is 212 cm³/mol. The topological polar surface area (TPSA) is 206 Å². The smallest absolute Gasteiger partial charge is 0.411 e. The Labute approximate surface area is 330 Å². The van der Waals surface area contributed by atoms with Crippen LogP contribution in [0.4, 0.5) is 10.5 Å². The van der Waals surface area contributed by atoms with Crippen LogP contribution >= 0.6 is 22.7 Å². The van der Waals surface area contributed by atoms with Crippen LogP contribution in [-0.4, -0.2) is 83.3 Å². The Kier molecular flexibility index (Phi) is 13.1. The number of esters is 1. The maximum atomic E-state index is 13.4. The molecular formula is C40H43N5O9S2. The van der Waals surface area contributed by atoms with Crippen LogP contribution in [0.3, 0.4) is 0 Å². The number of aromatic nitrogens is 1. The fraction of sp³-hybridized carbons (Fsp3) is 0.350. The zero-order valence-electron chi connectivity index (χ0n) is 30.8. The van der Waals surface area contributed by atoms with Gasteiger partial charge in [0, 0.05) is 48.8 Å². The Morgan fingerprint density at radius 3 is 2.43 bits per heavy atom. The summed E-state index contributed by atoms with van der Waals surface area (Å²) in [5.74, 6) is -0.371. The van der Waals surface area contributed by atoms with Crippen molar-refractivity contribution in [3.8, 4) is 17.6 Å². The highest BCUT2D eigenvalue weighted by molar-refractivity contribution is 7.12. The number of thiophene rings is 2. The number of aliphatic hydroxyl groups is 2. The molecule has 1 aliphatic carbocycles. The number of phenols is 1. The van der Waals surface area contributed by atoms with Gasteiger partial charge >= 0.3 is 12.1 Å². The van der Waals surface area contributed by atoms with E-state index in [4.69, 9.17) is 14.2 Å². The summed E-state index contributed by atoms with van der Waals surface area (Å²) in [5.41, 5.74) is -0.451. The molecule has 1 atom stereocenters. The van der Waals surface area contributed by atoms with Gasteiger partial charge in [-0.05, 0) is 79.4 Å². The summed E-state index contributed by atoms with van der Waals surface area (Å²) in [4.78, 5) is 43.6. The molecule has 0 aliphatic heterocycles. The standard InChI is InChI=1S/C40H43N5O9S2/c1-45(26-7-9-27(10-8-26)54-38(49)40(51,34-5-3-17-55-34)35-6-4-18-56-35)15-16-53-39(50)43-30-20-33(52-2)25(19-24(30)21-41)22-42-23-32(47)28-11-13-31(46)37-29(28)12-14-36(48)44-37/h3-6,11-14,17-20,26-27,32,42,46-47,51H,7-10,15-16,22-23H2,1-2H3,(H,43,50)(H,44,48)/t26?,27?,32-/m1/s1. The van der Waals surface area contributed by atoms with E-state index in [-0.39, 0.29) is 59.9 Å². The molecule has 2 aromatic carbocycles. The number of fused-ring (bicyclic) bond motifs is 1. The summed E-state index contributed by atoms with van der Waals surface area (Å²) in [7, 11) is 3.42. The number of phenolic OH excluding ortho intramolecular Hbond substituents is 1. The van der Waals surface area contributed by atoms with Crippen molar-refractivity contribution >= 4 is 51.3 Å². The molecule has 0 saturated heterocycles. The second-order valence-corrected chi connectivity index (χ2v) is 15.4. The van der Waals surface area contributed by atoms with Crippen LogP contribution in [0.25, 0.3) is 10.9 Å². The number of methoxy groups -OCH3 is 1. The van der Waals surface area contributed by atoms with Crippen LogP contribution in [0.15, 0.2) is 76.2 Å². The van der Waals surface area contributed by atoms with Gasteiger partial charge in [0.15, 0.2) is 0 Å². The van der Waals surface area contributed by atoms with Crippen LogP contribution < -0.4 is 20.9 Å². The number of hydrogen-bond donors (Lipinski definition) is 6. The lowest BCUT2D eigenvalue weighted by molar-refractivity contribution is -0.169. The fourth-order valence-corrected chi connectivity index (χ4v) is 8.61. The zero-order chi connectivity index (χ0) is 39.8. The Hall–Kier alpha value is -5.28. The van der Waals surface area contributed by atoms with Gasteiger partial charge in [-0.15, -0.1) is 22.7 Å². The number of anilines is 1. The van der Waals surface area contributed by atoms with E-state index < -0.39 is 23.8 Å². The number of amides is 1. The minimum atomic E-state index is -1.84. The first-order valence-corrected chi connectivity index (χ1v) is 19.8. The second-order valence-electron chi connectivity index (χ2n) is 13.5. The number of carbonyl (C=O) groups is 2. The Balaban J connectivity index is 0.959. The third-order valence-corrected chi connectivity index (χ3v) is 11.9. The van der Waals surface area contributed by atoms with Crippen molar-refractivity contribution in [2.75, 3.05) is 39.2 Å². The number of H-pyrrole nitrogens is 1. The lowest BCUT2D eigenvalue weighted by Gasteiger charge is -2.35. The molecule has 14 nitrogen and oxygen atoms in total. The number of pyridine rings is 1. The highest BCUT2D eigenvalue weighted by Crippen LogP contribution is 2.38. The summed E-state index contributed by atoms with van der Waals surface area (Å²) in [6, 6.07) is 18.3. The number of ether oxygens (including phenoxy) is 3. The molecule has 5 aromatic rings. The number of aromatic amines is 1. The summed E-state index contributed by atoms with van der Waals surface area (Å²) < 4.78 is 16.9. The van der Waals surface area contributed by atoms with Gasteiger partial charge in [-0.3, -0.25) is 10.1 Å². The van der Waals surface area contributed by atoms with E-state index in [2.05, 4.69) is 26.6 Å². The van der Waals surface area contributed by atoms with E-state index in [9.17, 15) is 35.0 Å². The number of carbonyl (C=O) groups excluding carboxylic acids is 2. The maximum absolute atomic E-state index is 13.4. The van der Waals surface area contributed by atoms with Gasteiger partial charge in [-0.25, -0.2) is 9.59 Å². The molecule has 1 aliphatic rings. The van der Waals surface area contributed by atoms with Gasteiger partial charge < -0.3 is 44.7 Å². The zero-order valence-corrected chi connectivity index (χ0v) is 32.5. The van der Waals surface area contributed by atoms with E-state index in [1.165, 1.54) is 48.0 Å². The Morgan fingerprint density at radius 2 is 1.79 bits per heavy atom. The van der Waals surface area contributed by atoms with Crippen molar-refractivity contribution < 1.29 is 39.1 Å². The van der Waals surface area contributed by atoms with Gasteiger partial charge in [0.1, 0.15) is 30.3 Å². The second kappa shape index (κ2) is 18.1. The number of aliphatic hydroxyl groups excluding tert-OH is 1. The van der Waals surface area contributed by atoms with Gasteiger partial charge in [0.2, 0.25) is 11.2 Å². The van der Waals surface area contributed by atoms with Gasteiger partial charge in [0.25, 0.3) is 0 Å². The number of likely N-dealkylation sites (N-methyl/N-ethyl adjacent to an activating group) is 1. The Bertz CT molecular complexity index is 2190. The molecule has 1 saturated carbocycles. The first kappa shape index (κ1) is 40.4. The van der Waals surface area contributed by atoms with Gasteiger partial charge in [-0.2, -0.15) is 5.26 Å². The van der Waals surface area contributed by atoms with Gasteiger partial charge in [0.05, 0.1) is 39.7 Å². The maximum Gasteiger partial charge on any atom is 0.411 e. The van der Waals surface area contributed by atoms with Crippen LogP contribution in [-0.2, 0) is 26.4 Å². The summed E-state index contributed by atoms with van der Waals surface area (Å²) in [5, 5.41) is 52.4. The van der Waals surface area contributed by atoms with E-state index in [1.807, 2.05) is 17.8 Å². The van der Waals surface area contributed by atoms with Crippen molar-refractivity contribution in [3.63, 3.8) is 0 Å². The molecule has 56 heavy (non-hydrogen) atoms. The van der Waals surface area contributed by atoms with E-state index in [0.29, 0.717) is 51.4 Å². The molecule has 6 rings (SSSR count). The molecule has 3 aromatic heterocycles. The summed E-state index contributed by atoms with van der Waals surface area (Å²) in [6.45, 7) is 0.884. The molecule has 1 amide bonds. The lowest BCUT2D eigenvalue weighted by atomic mass is 9.91. The number of benzene rings is 2.